The SMILES string of the molecule is Cc1nc(N)ccc1CNC(=O)Cn1c(C)ccc(NSCc2ccc(Br)cc2)c1=O. The minimum Gasteiger partial charge on any atom is -0.384 e. The maximum Gasteiger partial charge on any atom is 0.275 e. The molecule has 0 unspecified atom stereocenters. The quantitative estimate of drug-likeness (QED) is 0.406. The van der Waals surface area contributed by atoms with Crippen molar-refractivity contribution in [3.8, 4) is 0 Å². The van der Waals surface area contributed by atoms with E-state index in [9.17, 15) is 9.59 Å². The molecule has 2 heterocycles. The van der Waals surface area contributed by atoms with Crippen molar-refractivity contribution in [3.63, 3.8) is 0 Å². The number of nitrogens with zero attached hydrogens (tertiary/aromatic N) is 2. The summed E-state index contributed by atoms with van der Waals surface area (Å²) < 4.78 is 5.60. The van der Waals surface area contributed by atoms with Crippen molar-refractivity contribution in [2.24, 2.45) is 0 Å². The number of carbonyl (C=O) groups is 1. The van der Waals surface area contributed by atoms with Crippen LogP contribution in [-0.4, -0.2) is 15.5 Å². The third-order valence-electron chi connectivity index (χ3n) is 4.72. The molecule has 2 aromatic heterocycles. The van der Waals surface area contributed by atoms with Crippen LogP contribution in [0.25, 0.3) is 0 Å². The largest absolute Gasteiger partial charge is 0.384 e. The van der Waals surface area contributed by atoms with Gasteiger partial charge in [0.25, 0.3) is 5.56 Å². The van der Waals surface area contributed by atoms with Gasteiger partial charge in [0.15, 0.2) is 0 Å². The fourth-order valence-corrected chi connectivity index (χ4v) is 3.92. The highest BCUT2D eigenvalue weighted by molar-refractivity contribution is 9.10. The summed E-state index contributed by atoms with van der Waals surface area (Å²) >= 11 is 4.84. The van der Waals surface area contributed by atoms with Gasteiger partial charge in [0.1, 0.15) is 18.1 Å². The van der Waals surface area contributed by atoms with Crippen LogP contribution in [0.15, 0.2) is 57.8 Å². The summed E-state index contributed by atoms with van der Waals surface area (Å²) in [5, 5.41) is 2.84. The average molecular weight is 502 g/mol. The molecule has 0 aliphatic carbocycles. The number of aromatic nitrogens is 2. The van der Waals surface area contributed by atoms with Crippen LogP contribution in [0.3, 0.4) is 0 Å². The number of nitrogen functional groups attached to an aromatic ring is 1. The molecule has 4 N–H and O–H groups in total. The summed E-state index contributed by atoms with van der Waals surface area (Å²) in [6.45, 7) is 3.92. The lowest BCUT2D eigenvalue weighted by molar-refractivity contribution is -0.121. The van der Waals surface area contributed by atoms with Crippen molar-refractivity contribution in [1.82, 2.24) is 14.9 Å². The molecule has 7 nitrogen and oxygen atoms in total. The number of hydrogen-bond acceptors (Lipinski definition) is 6. The van der Waals surface area contributed by atoms with Crippen LogP contribution < -0.4 is 21.3 Å². The fourth-order valence-electron chi connectivity index (χ4n) is 2.91. The predicted octanol–water partition coefficient (Wildman–Crippen LogP) is 3.78. The van der Waals surface area contributed by atoms with E-state index in [1.54, 1.807) is 12.1 Å². The second-order valence-electron chi connectivity index (χ2n) is 7.05. The van der Waals surface area contributed by atoms with Crippen molar-refractivity contribution in [1.29, 1.82) is 0 Å². The molecule has 0 aliphatic heterocycles. The van der Waals surface area contributed by atoms with E-state index in [4.69, 9.17) is 5.73 Å². The molecule has 0 atom stereocenters. The fraction of sp³-hybridized carbons (Fsp3) is 0.227. The number of rotatable bonds is 8. The van der Waals surface area contributed by atoms with Gasteiger partial charge in [-0.1, -0.05) is 34.1 Å². The Balaban J connectivity index is 1.60. The first kappa shape index (κ1) is 22.9. The van der Waals surface area contributed by atoms with Crippen molar-refractivity contribution in [2.45, 2.75) is 32.7 Å². The zero-order valence-corrected chi connectivity index (χ0v) is 19.7. The molecule has 1 aromatic carbocycles. The van der Waals surface area contributed by atoms with Crippen LogP contribution in [0.4, 0.5) is 11.5 Å². The molecule has 9 heteroatoms. The number of benzene rings is 1. The van der Waals surface area contributed by atoms with Crippen LogP contribution in [0.1, 0.15) is 22.5 Å². The van der Waals surface area contributed by atoms with Crippen LogP contribution >= 0.6 is 27.9 Å². The van der Waals surface area contributed by atoms with E-state index in [0.29, 0.717) is 29.5 Å². The highest BCUT2D eigenvalue weighted by atomic mass is 79.9. The van der Waals surface area contributed by atoms with Gasteiger partial charge in [-0.15, -0.1) is 0 Å². The maximum absolute atomic E-state index is 12.9. The Bertz CT molecular complexity index is 1130. The highest BCUT2D eigenvalue weighted by Gasteiger charge is 2.11. The van der Waals surface area contributed by atoms with Gasteiger partial charge in [0.2, 0.25) is 5.91 Å². The third kappa shape index (κ3) is 6.35. The number of halogens is 1. The zero-order chi connectivity index (χ0) is 22.4. The molecule has 162 valence electrons. The third-order valence-corrected chi connectivity index (χ3v) is 6.09. The molecule has 0 aliphatic rings. The van der Waals surface area contributed by atoms with E-state index in [1.165, 1.54) is 16.5 Å². The van der Waals surface area contributed by atoms with E-state index < -0.39 is 0 Å². The van der Waals surface area contributed by atoms with E-state index in [-0.39, 0.29) is 18.0 Å². The molecule has 0 saturated carbocycles. The summed E-state index contributed by atoms with van der Waals surface area (Å²) in [4.78, 5) is 29.5. The van der Waals surface area contributed by atoms with Crippen LogP contribution in [-0.2, 0) is 23.6 Å². The van der Waals surface area contributed by atoms with Gasteiger partial charge in [-0.25, -0.2) is 4.98 Å². The van der Waals surface area contributed by atoms with E-state index in [0.717, 1.165) is 21.3 Å². The van der Waals surface area contributed by atoms with Crippen LogP contribution in [0, 0.1) is 13.8 Å². The first-order valence-electron chi connectivity index (χ1n) is 9.65. The molecular formula is C22H24BrN5O2S. The Kier molecular flexibility index (Phi) is 7.75. The summed E-state index contributed by atoms with van der Waals surface area (Å²) in [7, 11) is 0. The Morgan fingerprint density at radius 2 is 1.87 bits per heavy atom. The Morgan fingerprint density at radius 1 is 1.13 bits per heavy atom. The average Bonchev–Trinajstić information content (AvgIpc) is 2.73. The highest BCUT2D eigenvalue weighted by Crippen LogP contribution is 2.17. The first-order valence-corrected chi connectivity index (χ1v) is 11.4. The number of pyridine rings is 2. The van der Waals surface area contributed by atoms with Crippen molar-refractivity contribution in [2.75, 3.05) is 10.5 Å². The number of nitrogens with two attached hydrogens (primary N) is 1. The Hall–Kier alpha value is -2.78. The number of hydrogen-bond donors (Lipinski definition) is 3. The number of carbonyl (C=O) groups excluding carboxylic acids is 1. The summed E-state index contributed by atoms with van der Waals surface area (Å²) in [6.07, 6.45) is 0. The lowest BCUT2D eigenvalue weighted by Crippen LogP contribution is -2.33. The van der Waals surface area contributed by atoms with Gasteiger partial charge in [-0.2, -0.15) is 0 Å². The number of aryl methyl sites for hydroxylation is 2. The molecule has 31 heavy (non-hydrogen) atoms. The molecule has 3 aromatic rings. The van der Waals surface area contributed by atoms with Gasteiger partial charge in [-0.05, 0) is 67.3 Å². The molecular weight excluding hydrogens is 478 g/mol. The lowest BCUT2D eigenvalue weighted by atomic mass is 10.2. The van der Waals surface area contributed by atoms with E-state index in [1.807, 2.05) is 50.2 Å². The van der Waals surface area contributed by atoms with Gasteiger partial charge >= 0.3 is 0 Å². The molecule has 0 fully saturated rings. The Labute approximate surface area is 193 Å². The number of nitrogens with one attached hydrogen (secondary N) is 2. The van der Waals surface area contributed by atoms with Crippen molar-refractivity contribution < 1.29 is 4.79 Å². The van der Waals surface area contributed by atoms with Crippen molar-refractivity contribution >= 4 is 45.3 Å². The number of amides is 1. The molecule has 0 radical (unpaired) electrons. The molecule has 0 spiro atoms. The van der Waals surface area contributed by atoms with Gasteiger partial charge in [0.05, 0.1) is 0 Å². The number of anilines is 2. The summed E-state index contributed by atoms with van der Waals surface area (Å²) in [6, 6.07) is 15.1. The zero-order valence-electron chi connectivity index (χ0n) is 17.3. The molecule has 0 bridgehead atoms. The first-order chi connectivity index (χ1) is 14.8. The van der Waals surface area contributed by atoms with Crippen LogP contribution in [0.2, 0.25) is 0 Å². The topological polar surface area (TPSA) is 102 Å². The standard InChI is InChI=1S/C22H24BrN5O2S/c1-14-3-9-19(27-31-13-16-4-7-18(23)8-5-16)22(30)28(14)12-21(29)25-11-17-6-10-20(24)26-15(17)2/h3-10,27H,11-13H2,1-2H3,(H2,24,26)(H,25,29). The monoisotopic (exact) mass is 501 g/mol. The Morgan fingerprint density at radius 3 is 2.58 bits per heavy atom. The van der Waals surface area contributed by atoms with Gasteiger partial charge < -0.3 is 20.3 Å². The van der Waals surface area contributed by atoms with Gasteiger partial charge in [-0.3, -0.25) is 9.59 Å². The van der Waals surface area contributed by atoms with E-state index >= 15 is 0 Å². The maximum atomic E-state index is 12.9. The molecule has 3 rings (SSSR count). The predicted molar refractivity (Wildman–Crippen MR) is 130 cm³/mol. The summed E-state index contributed by atoms with van der Waals surface area (Å²) in [5.74, 6) is 0.897. The smallest absolute Gasteiger partial charge is 0.275 e. The lowest BCUT2D eigenvalue weighted by Gasteiger charge is -2.13. The van der Waals surface area contributed by atoms with Gasteiger partial charge in [0, 0.05) is 28.2 Å². The molecule has 0 saturated heterocycles. The minimum atomic E-state index is -0.249. The summed E-state index contributed by atoms with van der Waals surface area (Å²) in [5.41, 5.74) is 9.37. The second kappa shape index (κ2) is 10.5. The van der Waals surface area contributed by atoms with Crippen molar-refractivity contribution in [3.05, 3.63) is 85.9 Å². The normalized spacial score (nSPS) is 10.7. The molecule has 1 amide bonds. The minimum absolute atomic E-state index is 0.0565. The van der Waals surface area contributed by atoms with E-state index in [2.05, 4.69) is 31.0 Å². The van der Waals surface area contributed by atoms with Crippen LogP contribution in [0.5, 0.6) is 0 Å². The second-order valence-corrected chi connectivity index (χ2v) is 8.75.